The molecule has 2 heteroatoms. The first kappa shape index (κ1) is 14.3. The highest BCUT2D eigenvalue weighted by Gasteiger charge is 2.09. The maximum absolute atomic E-state index is 3.45. The number of unbranched alkanes of at least 4 members (excludes halogenated alkanes) is 1. The summed E-state index contributed by atoms with van der Waals surface area (Å²) in [6, 6.07) is 0.694. The van der Waals surface area contributed by atoms with Crippen LogP contribution in [0.1, 0.15) is 53.9 Å². The Kier molecular flexibility index (Phi) is 7.75. The van der Waals surface area contributed by atoms with Gasteiger partial charge < -0.3 is 5.32 Å². The summed E-state index contributed by atoms with van der Waals surface area (Å²) < 4.78 is 0.438. The van der Waals surface area contributed by atoms with E-state index in [0.717, 1.165) is 6.54 Å². The second-order valence-electron chi connectivity index (χ2n) is 4.92. The van der Waals surface area contributed by atoms with Crippen LogP contribution in [-0.4, -0.2) is 23.1 Å². The van der Waals surface area contributed by atoms with Crippen LogP contribution < -0.4 is 5.32 Å². The molecular formula is C12H27NS. The van der Waals surface area contributed by atoms with Crippen LogP contribution in [-0.2, 0) is 0 Å². The summed E-state index contributed by atoms with van der Waals surface area (Å²) in [6.45, 7) is 12.4. The zero-order valence-electron chi connectivity index (χ0n) is 10.5. The zero-order chi connectivity index (χ0) is 11.0. The lowest BCUT2D eigenvalue weighted by Crippen LogP contribution is -2.25. The summed E-state index contributed by atoms with van der Waals surface area (Å²) in [5.41, 5.74) is 0. The Morgan fingerprint density at radius 2 is 1.86 bits per heavy atom. The third kappa shape index (κ3) is 10.4. The molecule has 0 aromatic carbocycles. The normalized spacial score (nSPS) is 14.4. The molecule has 1 atom stereocenters. The molecule has 0 fully saturated rings. The molecule has 0 heterocycles. The summed E-state index contributed by atoms with van der Waals surface area (Å²) in [5, 5.41) is 3.45. The van der Waals surface area contributed by atoms with Crippen LogP contribution in [0.2, 0.25) is 0 Å². The minimum absolute atomic E-state index is 0.438. The van der Waals surface area contributed by atoms with Gasteiger partial charge in [-0.15, -0.1) is 0 Å². The molecule has 0 aliphatic carbocycles. The van der Waals surface area contributed by atoms with E-state index in [9.17, 15) is 0 Å². The van der Waals surface area contributed by atoms with E-state index in [-0.39, 0.29) is 0 Å². The monoisotopic (exact) mass is 217 g/mol. The lowest BCUT2D eigenvalue weighted by atomic mass is 10.1. The highest BCUT2D eigenvalue weighted by atomic mass is 32.2. The minimum atomic E-state index is 0.438. The van der Waals surface area contributed by atoms with Gasteiger partial charge in [0.1, 0.15) is 0 Å². The number of hydrogen-bond donors (Lipinski definition) is 1. The van der Waals surface area contributed by atoms with Crippen molar-refractivity contribution in [2.45, 2.75) is 64.7 Å². The number of nitrogens with one attached hydrogen (secondary N) is 1. The zero-order valence-corrected chi connectivity index (χ0v) is 11.3. The largest absolute Gasteiger partial charge is 0.315 e. The third-order valence-electron chi connectivity index (χ3n) is 2.12. The smallest absolute Gasteiger partial charge is 0.00750 e. The molecule has 1 nitrogen and oxygen atoms in total. The summed E-state index contributed by atoms with van der Waals surface area (Å²) in [7, 11) is 0. The topological polar surface area (TPSA) is 12.0 Å². The van der Waals surface area contributed by atoms with Crippen molar-refractivity contribution in [2.75, 3.05) is 12.3 Å². The van der Waals surface area contributed by atoms with Crippen LogP contribution in [0, 0.1) is 0 Å². The van der Waals surface area contributed by atoms with E-state index >= 15 is 0 Å². The van der Waals surface area contributed by atoms with Gasteiger partial charge in [0.25, 0.3) is 0 Å². The van der Waals surface area contributed by atoms with Crippen molar-refractivity contribution in [3.8, 4) is 0 Å². The van der Waals surface area contributed by atoms with Gasteiger partial charge >= 0.3 is 0 Å². The number of thioether (sulfide) groups is 1. The van der Waals surface area contributed by atoms with Gasteiger partial charge in [-0.25, -0.2) is 0 Å². The van der Waals surface area contributed by atoms with Crippen molar-refractivity contribution in [1.82, 2.24) is 5.32 Å². The molecular weight excluding hydrogens is 190 g/mol. The van der Waals surface area contributed by atoms with Crippen LogP contribution in [0.3, 0.4) is 0 Å². The van der Waals surface area contributed by atoms with E-state index in [2.05, 4.69) is 51.7 Å². The fourth-order valence-corrected chi connectivity index (χ4v) is 2.34. The Bertz CT molecular complexity index is 129. The predicted molar refractivity (Wildman–Crippen MR) is 69.2 cm³/mol. The van der Waals surface area contributed by atoms with Crippen molar-refractivity contribution in [3.63, 3.8) is 0 Å². The molecule has 0 spiro atoms. The molecule has 1 unspecified atom stereocenters. The average molecular weight is 217 g/mol. The van der Waals surface area contributed by atoms with Gasteiger partial charge in [0, 0.05) is 10.8 Å². The predicted octanol–water partition coefficient (Wildman–Crippen LogP) is 3.69. The summed E-state index contributed by atoms with van der Waals surface area (Å²) in [4.78, 5) is 0. The van der Waals surface area contributed by atoms with Crippen molar-refractivity contribution in [2.24, 2.45) is 0 Å². The van der Waals surface area contributed by atoms with Gasteiger partial charge in [-0.2, -0.15) is 11.8 Å². The first-order valence-electron chi connectivity index (χ1n) is 5.83. The van der Waals surface area contributed by atoms with Gasteiger partial charge in [0.15, 0.2) is 0 Å². The van der Waals surface area contributed by atoms with Crippen molar-refractivity contribution >= 4 is 11.8 Å². The van der Waals surface area contributed by atoms with Crippen molar-refractivity contribution in [3.05, 3.63) is 0 Å². The molecule has 0 saturated heterocycles. The van der Waals surface area contributed by atoms with Crippen molar-refractivity contribution in [1.29, 1.82) is 0 Å². The molecule has 0 amide bonds. The third-order valence-corrected chi connectivity index (χ3v) is 3.48. The van der Waals surface area contributed by atoms with Crippen LogP contribution in [0.25, 0.3) is 0 Å². The van der Waals surface area contributed by atoms with E-state index in [0.29, 0.717) is 10.8 Å². The molecule has 0 rings (SSSR count). The summed E-state index contributed by atoms with van der Waals surface area (Å²) in [5.74, 6) is 1.31. The van der Waals surface area contributed by atoms with Gasteiger partial charge in [-0.05, 0) is 32.1 Å². The Morgan fingerprint density at radius 1 is 1.21 bits per heavy atom. The second kappa shape index (κ2) is 7.58. The lowest BCUT2D eigenvalue weighted by molar-refractivity contribution is 0.510. The molecule has 0 bridgehead atoms. The lowest BCUT2D eigenvalue weighted by Gasteiger charge is -2.17. The van der Waals surface area contributed by atoms with Crippen LogP contribution >= 0.6 is 11.8 Å². The Balaban J connectivity index is 3.21. The molecule has 86 valence electrons. The molecule has 0 aromatic rings. The van der Waals surface area contributed by atoms with E-state index in [1.807, 2.05) is 0 Å². The first-order chi connectivity index (χ1) is 6.45. The second-order valence-corrected chi connectivity index (χ2v) is 6.84. The standard InChI is InChI=1S/C12H27NS/c1-6-13-11(2)9-7-8-10-14-12(3,4)5/h11,13H,6-10H2,1-5H3. The Hall–Kier alpha value is 0.310. The minimum Gasteiger partial charge on any atom is -0.315 e. The average Bonchev–Trinajstić information content (AvgIpc) is 2.02. The van der Waals surface area contributed by atoms with Crippen LogP contribution in [0.4, 0.5) is 0 Å². The van der Waals surface area contributed by atoms with Gasteiger partial charge in [0.05, 0.1) is 0 Å². The van der Waals surface area contributed by atoms with Crippen LogP contribution in [0.5, 0.6) is 0 Å². The maximum atomic E-state index is 3.45. The molecule has 0 saturated carbocycles. The fourth-order valence-electron chi connectivity index (χ4n) is 1.38. The number of rotatable bonds is 7. The van der Waals surface area contributed by atoms with Gasteiger partial charge in [0.2, 0.25) is 0 Å². The summed E-state index contributed by atoms with van der Waals surface area (Å²) >= 11 is 2.08. The van der Waals surface area contributed by atoms with E-state index < -0.39 is 0 Å². The SMILES string of the molecule is CCNC(C)CCCCSC(C)(C)C. The Morgan fingerprint density at radius 3 is 2.36 bits per heavy atom. The molecule has 0 radical (unpaired) electrons. The molecule has 0 aromatic heterocycles. The van der Waals surface area contributed by atoms with Gasteiger partial charge in [-0.1, -0.05) is 34.1 Å². The fraction of sp³-hybridized carbons (Fsp3) is 1.00. The maximum Gasteiger partial charge on any atom is 0.00750 e. The number of hydrogen-bond acceptors (Lipinski definition) is 2. The highest BCUT2D eigenvalue weighted by Crippen LogP contribution is 2.24. The molecule has 14 heavy (non-hydrogen) atoms. The van der Waals surface area contributed by atoms with Crippen molar-refractivity contribution < 1.29 is 0 Å². The molecule has 1 N–H and O–H groups in total. The highest BCUT2D eigenvalue weighted by molar-refractivity contribution is 8.00. The van der Waals surface area contributed by atoms with E-state index in [1.54, 1.807) is 0 Å². The molecule has 0 aliphatic heterocycles. The van der Waals surface area contributed by atoms with Gasteiger partial charge in [-0.3, -0.25) is 0 Å². The van der Waals surface area contributed by atoms with E-state index in [1.165, 1.54) is 25.0 Å². The summed E-state index contributed by atoms with van der Waals surface area (Å²) in [6.07, 6.45) is 4.04. The Labute approximate surface area is 94.4 Å². The molecule has 0 aliphatic rings. The van der Waals surface area contributed by atoms with E-state index in [4.69, 9.17) is 0 Å². The van der Waals surface area contributed by atoms with Crippen LogP contribution in [0.15, 0.2) is 0 Å². The quantitative estimate of drug-likeness (QED) is 0.653. The first-order valence-corrected chi connectivity index (χ1v) is 6.81.